The quantitative estimate of drug-likeness (QED) is 0.482. The minimum atomic E-state index is -3.71. The van der Waals surface area contributed by atoms with E-state index in [-0.39, 0.29) is 6.54 Å². The molecule has 1 saturated carbocycles. The number of carbonyl (C=O) groups excluding carboxylic acids is 4. The van der Waals surface area contributed by atoms with Crippen molar-refractivity contribution < 1.29 is 32.3 Å². The van der Waals surface area contributed by atoms with Gasteiger partial charge in [0.1, 0.15) is 24.2 Å². The van der Waals surface area contributed by atoms with Gasteiger partial charge in [0.05, 0.1) is 5.25 Å². The molecule has 1 aliphatic carbocycles. The number of nitrogens with zero attached hydrogens (tertiary/aromatic N) is 1. The molecule has 170 valence electrons. The molecular formula is C18H30N4O7S. The zero-order valence-corrected chi connectivity index (χ0v) is 18.5. The van der Waals surface area contributed by atoms with E-state index in [4.69, 9.17) is 4.74 Å². The molecule has 2 atom stereocenters. The maximum Gasteiger partial charge on any atom is 0.408 e. The van der Waals surface area contributed by atoms with Crippen LogP contribution in [-0.4, -0.2) is 73.2 Å². The molecule has 1 aliphatic heterocycles. The van der Waals surface area contributed by atoms with Crippen LogP contribution in [0.4, 0.5) is 4.79 Å². The second-order valence-corrected chi connectivity index (χ2v) is 10.5. The third-order valence-corrected chi connectivity index (χ3v) is 6.45. The van der Waals surface area contributed by atoms with Crippen LogP contribution in [0.3, 0.4) is 0 Å². The predicted octanol–water partition coefficient (Wildman–Crippen LogP) is -0.385. The number of amides is 4. The summed E-state index contributed by atoms with van der Waals surface area (Å²) in [5.74, 6) is -1.82. The number of nitrogens with one attached hydrogen (secondary N) is 3. The molecule has 1 saturated heterocycles. The van der Waals surface area contributed by atoms with Gasteiger partial charge in [-0.3, -0.25) is 19.1 Å². The van der Waals surface area contributed by atoms with E-state index in [0.717, 1.165) is 0 Å². The van der Waals surface area contributed by atoms with Gasteiger partial charge in [0.2, 0.25) is 21.8 Å². The molecule has 3 N–H and O–H groups in total. The first-order valence-corrected chi connectivity index (χ1v) is 11.5. The zero-order chi connectivity index (χ0) is 22.7. The number of alkyl carbamates (subject to hydrolysis) is 1. The van der Waals surface area contributed by atoms with Gasteiger partial charge in [0.25, 0.3) is 5.91 Å². The van der Waals surface area contributed by atoms with Crippen LogP contribution in [0.1, 0.15) is 53.4 Å². The van der Waals surface area contributed by atoms with Gasteiger partial charge >= 0.3 is 6.09 Å². The Hall–Kier alpha value is -2.37. The molecule has 0 aromatic heterocycles. The highest BCUT2D eigenvalue weighted by Gasteiger charge is 2.39. The first-order chi connectivity index (χ1) is 13.8. The van der Waals surface area contributed by atoms with E-state index in [1.165, 1.54) is 11.8 Å². The minimum absolute atomic E-state index is 0.325. The van der Waals surface area contributed by atoms with E-state index in [1.807, 2.05) is 4.72 Å². The monoisotopic (exact) mass is 446 g/mol. The summed E-state index contributed by atoms with van der Waals surface area (Å²) in [6, 6.07) is -1.88. The SMILES string of the molecule is C[C@@H](NC(=O)[C@@H]1CCCN1C(=O)CNC(=O)OC(C)(C)C)C(=O)NS(=O)(=O)C1CC1. The molecule has 12 heteroatoms. The molecule has 11 nitrogen and oxygen atoms in total. The second kappa shape index (κ2) is 9.19. The van der Waals surface area contributed by atoms with Gasteiger partial charge in [-0.15, -0.1) is 0 Å². The van der Waals surface area contributed by atoms with E-state index >= 15 is 0 Å². The predicted molar refractivity (Wildman–Crippen MR) is 107 cm³/mol. The molecule has 2 aliphatic rings. The van der Waals surface area contributed by atoms with Crippen molar-refractivity contribution in [3.8, 4) is 0 Å². The van der Waals surface area contributed by atoms with Crippen LogP contribution in [0.15, 0.2) is 0 Å². The van der Waals surface area contributed by atoms with Crippen molar-refractivity contribution in [2.75, 3.05) is 13.1 Å². The lowest BCUT2D eigenvalue weighted by molar-refractivity contribution is -0.138. The third-order valence-electron chi connectivity index (χ3n) is 4.62. The number of hydrogen-bond acceptors (Lipinski definition) is 7. The average molecular weight is 447 g/mol. The van der Waals surface area contributed by atoms with Gasteiger partial charge in [0.15, 0.2) is 0 Å². The van der Waals surface area contributed by atoms with Crippen molar-refractivity contribution >= 4 is 33.8 Å². The Bertz CT molecular complexity index is 802. The van der Waals surface area contributed by atoms with Crippen LogP contribution in [0.5, 0.6) is 0 Å². The summed E-state index contributed by atoms with van der Waals surface area (Å²) >= 11 is 0. The van der Waals surface area contributed by atoms with Gasteiger partial charge < -0.3 is 20.3 Å². The molecule has 2 rings (SSSR count). The summed E-state index contributed by atoms with van der Waals surface area (Å²) in [6.45, 7) is 6.48. The van der Waals surface area contributed by atoms with Crippen molar-refractivity contribution in [2.24, 2.45) is 0 Å². The summed E-state index contributed by atoms with van der Waals surface area (Å²) in [5, 5.41) is 4.27. The smallest absolute Gasteiger partial charge is 0.408 e. The standard InChI is InChI=1S/C18H30N4O7S/c1-11(15(24)21-30(27,28)12-7-8-12)20-16(25)13-6-5-9-22(13)14(23)10-19-17(26)29-18(2,3)4/h11-13H,5-10H2,1-4H3,(H,19,26)(H,20,25)(H,21,24)/t11-,13+/m1/s1. The number of likely N-dealkylation sites (tertiary alicyclic amines) is 1. The van der Waals surface area contributed by atoms with Crippen LogP contribution in [-0.2, 0) is 29.1 Å². The largest absolute Gasteiger partial charge is 0.444 e. The van der Waals surface area contributed by atoms with E-state index in [1.54, 1.807) is 20.8 Å². The molecule has 30 heavy (non-hydrogen) atoms. The van der Waals surface area contributed by atoms with Crippen LogP contribution in [0, 0.1) is 0 Å². The lowest BCUT2D eigenvalue weighted by Crippen LogP contribution is -2.54. The molecule has 1 heterocycles. The Balaban J connectivity index is 1.86. The fourth-order valence-electron chi connectivity index (χ4n) is 2.97. The van der Waals surface area contributed by atoms with Crippen molar-refractivity contribution in [3.63, 3.8) is 0 Å². The van der Waals surface area contributed by atoms with Crippen LogP contribution in [0.2, 0.25) is 0 Å². The Morgan fingerprint density at radius 2 is 1.77 bits per heavy atom. The molecule has 2 fully saturated rings. The highest BCUT2D eigenvalue weighted by molar-refractivity contribution is 7.90. The molecule has 0 spiro atoms. The number of hydrogen-bond donors (Lipinski definition) is 3. The highest BCUT2D eigenvalue weighted by Crippen LogP contribution is 2.27. The highest BCUT2D eigenvalue weighted by atomic mass is 32.2. The molecule has 0 unspecified atom stereocenters. The Kier molecular flexibility index (Phi) is 7.32. The van der Waals surface area contributed by atoms with Gasteiger partial charge in [0, 0.05) is 6.54 Å². The Morgan fingerprint density at radius 3 is 2.33 bits per heavy atom. The van der Waals surface area contributed by atoms with Gasteiger partial charge in [-0.05, 0) is 53.4 Å². The van der Waals surface area contributed by atoms with E-state index < -0.39 is 56.8 Å². The normalized spacial score (nSPS) is 20.3. The fraction of sp³-hybridized carbons (Fsp3) is 0.778. The molecule has 0 radical (unpaired) electrons. The lowest BCUT2D eigenvalue weighted by atomic mass is 10.2. The van der Waals surface area contributed by atoms with Gasteiger partial charge in [-0.1, -0.05) is 0 Å². The van der Waals surface area contributed by atoms with Gasteiger partial charge in [-0.25, -0.2) is 13.2 Å². The Labute approximate surface area is 176 Å². The fourth-order valence-corrected chi connectivity index (χ4v) is 4.35. The first kappa shape index (κ1) is 23.9. The number of carbonyl (C=O) groups is 4. The molecule has 0 bridgehead atoms. The van der Waals surface area contributed by atoms with Gasteiger partial charge in [-0.2, -0.15) is 0 Å². The Morgan fingerprint density at radius 1 is 1.13 bits per heavy atom. The van der Waals surface area contributed by atoms with Crippen molar-refractivity contribution in [1.29, 1.82) is 0 Å². The number of ether oxygens (including phenoxy) is 1. The molecule has 4 amide bonds. The zero-order valence-electron chi connectivity index (χ0n) is 17.7. The molecular weight excluding hydrogens is 416 g/mol. The minimum Gasteiger partial charge on any atom is -0.444 e. The van der Waals surface area contributed by atoms with Crippen LogP contribution >= 0.6 is 0 Å². The van der Waals surface area contributed by atoms with E-state index in [9.17, 15) is 27.6 Å². The van der Waals surface area contributed by atoms with Crippen molar-refractivity contribution in [3.05, 3.63) is 0 Å². The third kappa shape index (κ3) is 6.85. The van der Waals surface area contributed by atoms with E-state index in [2.05, 4.69) is 10.6 Å². The summed E-state index contributed by atoms with van der Waals surface area (Å²) < 4.78 is 30.8. The maximum atomic E-state index is 12.6. The van der Waals surface area contributed by atoms with Crippen molar-refractivity contribution in [2.45, 2.75) is 76.3 Å². The topological polar surface area (TPSA) is 151 Å². The summed E-state index contributed by atoms with van der Waals surface area (Å²) in [5.41, 5.74) is -0.701. The van der Waals surface area contributed by atoms with Crippen LogP contribution in [0.25, 0.3) is 0 Å². The lowest BCUT2D eigenvalue weighted by Gasteiger charge is -2.26. The maximum absolute atomic E-state index is 12.6. The molecule has 0 aromatic carbocycles. The second-order valence-electron chi connectivity index (χ2n) is 8.54. The molecule has 0 aromatic rings. The first-order valence-electron chi connectivity index (χ1n) is 9.92. The summed E-state index contributed by atoms with van der Waals surface area (Å²) in [4.78, 5) is 50.1. The number of sulfonamides is 1. The van der Waals surface area contributed by atoms with Crippen molar-refractivity contribution in [1.82, 2.24) is 20.3 Å². The van der Waals surface area contributed by atoms with E-state index in [0.29, 0.717) is 32.2 Å². The number of rotatable bonds is 7. The average Bonchev–Trinajstić information content (AvgIpc) is 3.36. The summed E-state index contributed by atoms with van der Waals surface area (Å²) in [6.07, 6.45) is 1.28. The van der Waals surface area contributed by atoms with Crippen LogP contribution < -0.4 is 15.4 Å². The summed E-state index contributed by atoms with van der Waals surface area (Å²) in [7, 11) is -3.71.